The van der Waals surface area contributed by atoms with E-state index in [2.05, 4.69) is 25.5 Å². The summed E-state index contributed by atoms with van der Waals surface area (Å²) in [6.45, 7) is 0.408. The van der Waals surface area contributed by atoms with Crippen LogP contribution < -0.4 is 5.32 Å². The molecule has 3 aromatic heterocycles. The van der Waals surface area contributed by atoms with Gasteiger partial charge in [-0.1, -0.05) is 24.3 Å². The predicted octanol–water partition coefficient (Wildman–Crippen LogP) is 2.54. The van der Waals surface area contributed by atoms with Crippen molar-refractivity contribution in [3.8, 4) is 11.4 Å². The zero-order valence-corrected chi connectivity index (χ0v) is 12.6. The molecule has 0 aliphatic rings. The summed E-state index contributed by atoms with van der Waals surface area (Å²) in [5.74, 6) is 0.725. The highest BCUT2D eigenvalue weighted by Crippen LogP contribution is 2.18. The van der Waals surface area contributed by atoms with Crippen molar-refractivity contribution in [2.75, 3.05) is 0 Å². The Balaban J connectivity index is 1.43. The molecule has 0 fully saturated rings. The van der Waals surface area contributed by atoms with Gasteiger partial charge in [0.1, 0.15) is 11.9 Å². The lowest BCUT2D eigenvalue weighted by atomic mass is 10.1. The Labute approximate surface area is 136 Å². The van der Waals surface area contributed by atoms with Crippen molar-refractivity contribution >= 4 is 16.9 Å². The average molecular weight is 319 g/mol. The number of aromatic amines is 1. The van der Waals surface area contributed by atoms with Crippen LogP contribution in [0.5, 0.6) is 0 Å². The van der Waals surface area contributed by atoms with Crippen molar-refractivity contribution in [1.82, 2.24) is 25.5 Å². The van der Waals surface area contributed by atoms with Crippen LogP contribution in [0.15, 0.2) is 59.5 Å². The summed E-state index contributed by atoms with van der Waals surface area (Å²) in [7, 11) is 0. The number of hydrogen-bond acceptors (Lipinski definition) is 5. The lowest BCUT2D eigenvalue weighted by molar-refractivity contribution is 0.0925. The third kappa shape index (κ3) is 2.74. The quantitative estimate of drug-likeness (QED) is 0.602. The maximum Gasteiger partial charge on any atom is 0.287 e. The van der Waals surface area contributed by atoms with E-state index in [1.807, 2.05) is 24.3 Å². The summed E-state index contributed by atoms with van der Waals surface area (Å²) in [4.78, 5) is 20.3. The highest BCUT2D eigenvalue weighted by Gasteiger charge is 2.12. The van der Waals surface area contributed by atoms with Crippen LogP contribution in [0.25, 0.3) is 22.4 Å². The van der Waals surface area contributed by atoms with E-state index >= 15 is 0 Å². The van der Waals surface area contributed by atoms with Crippen molar-refractivity contribution in [3.63, 3.8) is 0 Å². The standard InChI is InChI=1S/C17H13N5O2/c23-17(15-7-13-9-18-6-5-14(13)24-15)19-8-11-1-3-12(4-2-11)16-20-10-21-22-16/h1-7,9-10H,8H2,(H,19,23)(H,20,21,22). The maximum atomic E-state index is 12.2. The fourth-order valence-electron chi connectivity index (χ4n) is 2.39. The fraction of sp³-hybridized carbons (Fsp3) is 0.0588. The maximum absolute atomic E-state index is 12.2. The van der Waals surface area contributed by atoms with Crippen LogP contribution >= 0.6 is 0 Å². The first-order chi connectivity index (χ1) is 11.8. The van der Waals surface area contributed by atoms with Crippen molar-refractivity contribution < 1.29 is 9.21 Å². The third-order valence-corrected chi connectivity index (χ3v) is 3.64. The zero-order valence-electron chi connectivity index (χ0n) is 12.6. The number of carbonyl (C=O) groups excluding carboxylic acids is 1. The van der Waals surface area contributed by atoms with Crippen LogP contribution in [0.4, 0.5) is 0 Å². The summed E-state index contributed by atoms with van der Waals surface area (Å²) >= 11 is 0. The monoisotopic (exact) mass is 319 g/mol. The van der Waals surface area contributed by atoms with Crippen LogP contribution in [0, 0.1) is 0 Å². The van der Waals surface area contributed by atoms with Gasteiger partial charge in [0.25, 0.3) is 5.91 Å². The van der Waals surface area contributed by atoms with E-state index in [1.165, 1.54) is 6.33 Å². The molecule has 7 nitrogen and oxygen atoms in total. The van der Waals surface area contributed by atoms with Crippen LogP contribution in [0.3, 0.4) is 0 Å². The van der Waals surface area contributed by atoms with E-state index in [1.54, 1.807) is 24.5 Å². The van der Waals surface area contributed by atoms with Gasteiger partial charge in [0.15, 0.2) is 11.6 Å². The molecule has 0 unspecified atom stereocenters. The van der Waals surface area contributed by atoms with E-state index in [4.69, 9.17) is 4.42 Å². The number of pyridine rings is 1. The highest BCUT2D eigenvalue weighted by molar-refractivity contribution is 5.95. The fourth-order valence-corrected chi connectivity index (χ4v) is 2.39. The van der Waals surface area contributed by atoms with Crippen LogP contribution in [0.1, 0.15) is 16.1 Å². The van der Waals surface area contributed by atoms with Crippen molar-refractivity contribution in [1.29, 1.82) is 0 Å². The Bertz CT molecular complexity index is 941. The smallest absolute Gasteiger partial charge is 0.287 e. The van der Waals surface area contributed by atoms with Gasteiger partial charge in [-0.2, -0.15) is 5.10 Å². The molecule has 0 radical (unpaired) electrons. The predicted molar refractivity (Wildman–Crippen MR) is 87.0 cm³/mol. The molecule has 118 valence electrons. The molecule has 7 heteroatoms. The van der Waals surface area contributed by atoms with Gasteiger partial charge in [-0.15, -0.1) is 0 Å². The third-order valence-electron chi connectivity index (χ3n) is 3.64. The number of fused-ring (bicyclic) bond motifs is 1. The molecule has 0 atom stereocenters. The number of hydrogen-bond donors (Lipinski definition) is 2. The lowest BCUT2D eigenvalue weighted by Crippen LogP contribution is -2.22. The molecule has 0 bridgehead atoms. The Morgan fingerprint density at radius 1 is 1.21 bits per heavy atom. The topological polar surface area (TPSA) is 96.7 Å². The zero-order chi connectivity index (χ0) is 16.4. The Morgan fingerprint density at radius 3 is 2.83 bits per heavy atom. The lowest BCUT2D eigenvalue weighted by Gasteiger charge is -2.04. The molecule has 0 aliphatic carbocycles. The highest BCUT2D eigenvalue weighted by atomic mass is 16.3. The molecule has 4 rings (SSSR count). The molecule has 4 aromatic rings. The summed E-state index contributed by atoms with van der Waals surface area (Å²) in [6.07, 6.45) is 4.76. The first-order valence-corrected chi connectivity index (χ1v) is 7.36. The second-order valence-corrected chi connectivity index (χ2v) is 5.24. The van der Waals surface area contributed by atoms with Gasteiger partial charge >= 0.3 is 0 Å². The van der Waals surface area contributed by atoms with E-state index in [-0.39, 0.29) is 11.7 Å². The molecular weight excluding hydrogens is 306 g/mol. The molecular formula is C17H13N5O2. The minimum absolute atomic E-state index is 0.259. The molecule has 24 heavy (non-hydrogen) atoms. The van der Waals surface area contributed by atoms with Gasteiger partial charge in [0, 0.05) is 29.9 Å². The number of furan rings is 1. The largest absolute Gasteiger partial charge is 0.451 e. The number of nitrogens with zero attached hydrogens (tertiary/aromatic N) is 3. The second kappa shape index (κ2) is 5.96. The van der Waals surface area contributed by atoms with Gasteiger partial charge in [-0.3, -0.25) is 14.9 Å². The van der Waals surface area contributed by atoms with Crippen molar-refractivity contribution in [2.24, 2.45) is 0 Å². The molecule has 3 heterocycles. The SMILES string of the molecule is O=C(NCc1ccc(-c2ncn[nH]2)cc1)c1cc2cnccc2o1. The molecule has 0 aliphatic heterocycles. The molecule has 1 amide bonds. The average Bonchev–Trinajstić information content (AvgIpc) is 3.29. The van der Waals surface area contributed by atoms with Crippen LogP contribution in [-0.2, 0) is 6.54 Å². The van der Waals surface area contributed by atoms with Gasteiger partial charge < -0.3 is 9.73 Å². The molecule has 0 spiro atoms. The number of nitrogens with one attached hydrogen (secondary N) is 2. The summed E-state index contributed by atoms with van der Waals surface area (Å²) in [6, 6.07) is 11.1. The number of aromatic nitrogens is 4. The number of amides is 1. The summed E-state index contributed by atoms with van der Waals surface area (Å²) in [5.41, 5.74) is 2.56. The Kier molecular flexibility index (Phi) is 3.51. The van der Waals surface area contributed by atoms with E-state index in [9.17, 15) is 4.79 Å². The number of carbonyl (C=O) groups is 1. The van der Waals surface area contributed by atoms with Gasteiger partial charge in [-0.25, -0.2) is 4.98 Å². The Hall–Kier alpha value is -3.48. The van der Waals surface area contributed by atoms with Crippen LogP contribution in [0.2, 0.25) is 0 Å². The van der Waals surface area contributed by atoms with Crippen molar-refractivity contribution in [3.05, 3.63) is 66.4 Å². The minimum Gasteiger partial charge on any atom is -0.451 e. The first-order valence-electron chi connectivity index (χ1n) is 7.36. The van der Waals surface area contributed by atoms with Crippen molar-refractivity contribution in [2.45, 2.75) is 6.54 Å². The van der Waals surface area contributed by atoms with Gasteiger partial charge in [0.2, 0.25) is 0 Å². The normalized spacial score (nSPS) is 10.8. The number of H-pyrrole nitrogens is 1. The molecule has 2 N–H and O–H groups in total. The molecule has 1 aromatic carbocycles. The number of benzene rings is 1. The second-order valence-electron chi connectivity index (χ2n) is 5.24. The molecule has 0 saturated carbocycles. The van der Waals surface area contributed by atoms with Gasteiger partial charge in [-0.05, 0) is 17.7 Å². The minimum atomic E-state index is -0.259. The first kappa shape index (κ1) is 14.1. The van der Waals surface area contributed by atoms with E-state index < -0.39 is 0 Å². The van der Waals surface area contributed by atoms with Gasteiger partial charge in [0.05, 0.1) is 0 Å². The number of rotatable bonds is 4. The molecule has 0 saturated heterocycles. The van der Waals surface area contributed by atoms with Crippen LogP contribution in [-0.4, -0.2) is 26.1 Å². The Morgan fingerprint density at radius 2 is 2.08 bits per heavy atom. The van der Waals surface area contributed by atoms with E-state index in [0.29, 0.717) is 18.0 Å². The summed E-state index contributed by atoms with van der Waals surface area (Å²) < 4.78 is 5.51. The summed E-state index contributed by atoms with van der Waals surface area (Å²) in [5, 5.41) is 10.3. The van der Waals surface area contributed by atoms with E-state index in [0.717, 1.165) is 16.5 Å².